The van der Waals surface area contributed by atoms with E-state index >= 15 is 0 Å². The largest absolute Gasteiger partial charge is 0.369 e. The summed E-state index contributed by atoms with van der Waals surface area (Å²) in [5.74, 6) is -0.516. The van der Waals surface area contributed by atoms with Crippen molar-refractivity contribution in [3.05, 3.63) is 22.4 Å². The van der Waals surface area contributed by atoms with Gasteiger partial charge in [0.1, 0.15) is 0 Å². The molecule has 2 heterocycles. The number of thiophene rings is 1. The molecule has 0 radical (unpaired) electrons. The number of hydrogen-bond acceptors (Lipinski definition) is 4. The number of carbonyl (C=O) groups is 2. The molecule has 5 nitrogen and oxygen atoms in total. The molecule has 1 aliphatic heterocycles. The van der Waals surface area contributed by atoms with Crippen molar-refractivity contribution in [1.82, 2.24) is 10.2 Å². The molecule has 3 N–H and O–H groups in total. The van der Waals surface area contributed by atoms with Gasteiger partial charge in [-0.3, -0.25) is 14.9 Å². The molecule has 0 atom stereocenters. The lowest BCUT2D eigenvalue weighted by molar-refractivity contribution is -0.122. The quantitative estimate of drug-likeness (QED) is 0.797. The first-order valence-electron chi connectivity index (χ1n) is 6.01. The molecular weight excluding hydrogens is 282 g/mol. The van der Waals surface area contributed by atoms with E-state index in [2.05, 4.69) is 5.32 Å². The molecule has 0 saturated carbocycles. The van der Waals surface area contributed by atoms with Gasteiger partial charge in [0.2, 0.25) is 5.91 Å². The minimum atomic E-state index is -0.256. The van der Waals surface area contributed by atoms with Crippen LogP contribution in [-0.4, -0.2) is 34.9 Å². The van der Waals surface area contributed by atoms with Crippen LogP contribution in [0.3, 0.4) is 0 Å². The van der Waals surface area contributed by atoms with Crippen molar-refractivity contribution in [1.29, 1.82) is 0 Å². The van der Waals surface area contributed by atoms with Crippen LogP contribution >= 0.6 is 23.6 Å². The van der Waals surface area contributed by atoms with E-state index in [1.165, 1.54) is 11.3 Å². The van der Waals surface area contributed by atoms with Crippen molar-refractivity contribution < 1.29 is 9.59 Å². The maximum atomic E-state index is 11.8. The van der Waals surface area contributed by atoms with Crippen LogP contribution in [0.2, 0.25) is 0 Å². The van der Waals surface area contributed by atoms with Gasteiger partial charge >= 0.3 is 0 Å². The van der Waals surface area contributed by atoms with E-state index in [1.807, 2.05) is 16.3 Å². The first-order chi connectivity index (χ1) is 9.08. The SMILES string of the molecule is NC(=O)C1CCN(C(=S)NC(=O)c2cccs2)CC1. The lowest BCUT2D eigenvalue weighted by Crippen LogP contribution is -2.47. The summed E-state index contributed by atoms with van der Waals surface area (Å²) in [6, 6.07) is 3.57. The Hall–Kier alpha value is -1.47. The molecule has 1 aliphatic rings. The van der Waals surface area contributed by atoms with Crippen molar-refractivity contribution in [2.45, 2.75) is 12.8 Å². The standard InChI is InChI=1S/C12H15N3O2S2/c13-10(16)8-3-5-15(6-4-8)12(18)14-11(17)9-2-1-7-19-9/h1-2,7-8H,3-6H2,(H2,13,16)(H,14,17,18). The van der Waals surface area contributed by atoms with Gasteiger partial charge in [-0.2, -0.15) is 0 Å². The van der Waals surface area contributed by atoms with Crippen molar-refractivity contribution in [2.24, 2.45) is 11.7 Å². The van der Waals surface area contributed by atoms with Crippen molar-refractivity contribution >= 4 is 40.5 Å². The second kappa shape index (κ2) is 6.12. The summed E-state index contributed by atoms with van der Waals surface area (Å²) in [5.41, 5.74) is 5.27. The number of carbonyl (C=O) groups excluding carboxylic acids is 2. The molecule has 0 aliphatic carbocycles. The Morgan fingerprint density at radius 3 is 2.63 bits per heavy atom. The number of hydrogen-bond donors (Lipinski definition) is 2. The highest BCUT2D eigenvalue weighted by Gasteiger charge is 2.25. The molecule has 2 amide bonds. The summed E-state index contributed by atoms with van der Waals surface area (Å²) >= 11 is 6.58. The van der Waals surface area contributed by atoms with Gasteiger partial charge in [0.05, 0.1) is 4.88 Å². The molecule has 0 aromatic carbocycles. The fourth-order valence-electron chi connectivity index (χ4n) is 2.01. The highest BCUT2D eigenvalue weighted by atomic mass is 32.1. The van der Waals surface area contributed by atoms with Crippen molar-refractivity contribution in [2.75, 3.05) is 13.1 Å². The molecule has 7 heteroatoms. The van der Waals surface area contributed by atoms with Gasteiger partial charge in [0.25, 0.3) is 5.91 Å². The number of rotatable bonds is 2. The lowest BCUT2D eigenvalue weighted by atomic mass is 9.97. The van der Waals surface area contributed by atoms with Crippen LogP contribution < -0.4 is 11.1 Å². The Morgan fingerprint density at radius 2 is 2.11 bits per heavy atom. The third-order valence-corrected chi connectivity index (χ3v) is 4.38. The van der Waals surface area contributed by atoms with E-state index in [1.54, 1.807) is 6.07 Å². The summed E-state index contributed by atoms with van der Waals surface area (Å²) in [5, 5.41) is 4.97. The molecule has 1 aromatic rings. The minimum Gasteiger partial charge on any atom is -0.369 e. The Bertz CT molecular complexity index is 479. The van der Waals surface area contributed by atoms with Gasteiger partial charge in [-0.1, -0.05) is 6.07 Å². The summed E-state index contributed by atoms with van der Waals surface area (Å²) in [6.45, 7) is 1.30. The Kier molecular flexibility index (Phi) is 4.49. The van der Waals surface area contributed by atoms with Gasteiger partial charge < -0.3 is 10.6 Å². The number of likely N-dealkylation sites (tertiary alicyclic amines) is 1. The predicted octanol–water partition coefficient (Wildman–Crippen LogP) is 0.960. The van der Waals surface area contributed by atoms with Gasteiger partial charge in [0, 0.05) is 19.0 Å². The molecule has 19 heavy (non-hydrogen) atoms. The Labute approximate surface area is 120 Å². The number of amides is 2. The van der Waals surface area contributed by atoms with Crippen LogP contribution in [0.4, 0.5) is 0 Å². The van der Waals surface area contributed by atoms with Gasteiger partial charge in [-0.15, -0.1) is 11.3 Å². The second-order valence-electron chi connectivity index (χ2n) is 4.40. The smallest absolute Gasteiger partial charge is 0.267 e. The maximum Gasteiger partial charge on any atom is 0.267 e. The molecule has 102 valence electrons. The summed E-state index contributed by atoms with van der Waals surface area (Å²) < 4.78 is 0. The van der Waals surface area contributed by atoms with Gasteiger partial charge in [-0.25, -0.2) is 0 Å². The third kappa shape index (κ3) is 3.51. The fourth-order valence-corrected chi connectivity index (χ4v) is 2.91. The topological polar surface area (TPSA) is 75.4 Å². The molecule has 1 aromatic heterocycles. The number of nitrogens with one attached hydrogen (secondary N) is 1. The van der Waals surface area contributed by atoms with E-state index in [9.17, 15) is 9.59 Å². The molecule has 2 rings (SSSR count). The monoisotopic (exact) mass is 297 g/mol. The Balaban J connectivity index is 1.85. The van der Waals surface area contributed by atoms with E-state index in [0.717, 1.165) is 0 Å². The van der Waals surface area contributed by atoms with E-state index in [0.29, 0.717) is 35.9 Å². The Morgan fingerprint density at radius 1 is 1.42 bits per heavy atom. The summed E-state index contributed by atoms with van der Waals surface area (Å²) in [7, 11) is 0. The zero-order chi connectivity index (χ0) is 13.8. The molecule has 1 saturated heterocycles. The fraction of sp³-hybridized carbons (Fsp3) is 0.417. The zero-order valence-corrected chi connectivity index (χ0v) is 11.9. The molecular formula is C12H15N3O2S2. The second-order valence-corrected chi connectivity index (χ2v) is 5.73. The van der Waals surface area contributed by atoms with Crippen LogP contribution in [0.25, 0.3) is 0 Å². The van der Waals surface area contributed by atoms with Crippen LogP contribution in [0.5, 0.6) is 0 Å². The van der Waals surface area contributed by atoms with E-state index < -0.39 is 0 Å². The molecule has 1 fully saturated rings. The van der Waals surface area contributed by atoms with Crippen LogP contribution in [0.15, 0.2) is 17.5 Å². The molecule has 0 spiro atoms. The highest BCUT2D eigenvalue weighted by molar-refractivity contribution is 7.80. The first kappa shape index (κ1) is 14.0. The third-order valence-electron chi connectivity index (χ3n) is 3.15. The summed E-state index contributed by atoms with van der Waals surface area (Å²) in [6.07, 6.45) is 1.37. The number of nitrogens with two attached hydrogens (primary N) is 1. The minimum absolute atomic E-state index is 0.0768. The van der Waals surface area contributed by atoms with Crippen LogP contribution in [0.1, 0.15) is 22.5 Å². The zero-order valence-electron chi connectivity index (χ0n) is 10.3. The van der Waals surface area contributed by atoms with Crippen LogP contribution in [-0.2, 0) is 4.79 Å². The highest BCUT2D eigenvalue weighted by Crippen LogP contribution is 2.17. The molecule has 0 unspecified atom stereocenters. The molecule has 0 bridgehead atoms. The predicted molar refractivity (Wildman–Crippen MR) is 77.9 cm³/mol. The van der Waals surface area contributed by atoms with Crippen molar-refractivity contribution in [3.63, 3.8) is 0 Å². The van der Waals surface area contributed by atoms with Crippen LogP contribution in [0, 0.1) is 5.92 Å². The van der Waals surface area contributed by atoms with Gasteiger partial charge in [-0.05, 0) is 36.5 Å². The van der Waals surface area contributed by atoms with E-state index in [-0.39, 0.29) is 17.7 Å². The normalized spacial score (nSPS) is 16.1. The number of thiocarbonyl (C=S) groups is 1. The number of nitrogens with zero attached hydrogens (tertiary/aromatic N) is 1. The number of primary amides is 1. The van der Waals surface area contributed by atoms with E-state index in [4.69, 9.17) is 18.0 Å². The average Bonchev–Trinajstić information content (AvgIpc) is 2.92. The average molecular weight is 297 g/mol. The van der Waals surface area contributed by atoms with Gasteiger partial charge in [0.15, 0.2) is 5.11 Å². The van der Waals surface area contributed by atoms with Crippen molar-refractivity contribution in [3.8, 4) is 0 Å². The lowest BCUT2D eigenvalue weighted by Gasteiger charge is -2.32. The first-order valence-corrected chi connectivity index (χ1v) is 7.30. The maximum absolute atomic E-state index is 11.8. The number of piperidine rings is 1. The summed E-state index contributed by atoms with van der Waals surface area (Å²) in [4.78, 5) is 25.4.